The van der Waals surface area contributed by atoms with Crippen LogP contribution in [-0.4, -0.2) is 5.72 Å². The van der Waals surface area contributed by atoms with Crippen LogP contribution >= 0.6 is 22.6 Å². The first-order valence-corrected chi connectivity index (χ1v) is 10.7. The average Bonchev–Trinajstić information content (AvgIpc) is 2.51. The van der Waals surface area contributed by atoms with Crippen LogP contribution in [0.25, 0.3) is 0 Å². The molecule has 1 spiro atoms. The fourth-order valence-corrected chi connectivity index (χ4v) is 6.90. The zero-order valence-corrected chi connectivity index (χ0v) is 17.2. The maximum absolute atomic E-state index is 6.88. The second-order valence-corrected chi connectivity index (χ2v) is 10.9. The monoisotopic (exact) mass is 437 g/mol. The summed E-state index contributed by atoms with van der Waals surface area (Å²) in [6.45, 7) is 7.85. The summed E-state index contributed by atoms with van der Waals surface area (Å²) in [6, 6.07) is 4.71. The van der Waals surface area contributed by atoms with E-state index < -0.39 is 0 Å². The molecule has 0 unspecified atom stereocenters. The Bertz CT molecular complexity index is 662. The van der Waals surface area contributed by atoms with Gasteiger partial charge in [0.15, 0.2) is 5.72 Å². The van der Waals surface area contributed by atoms with E-state index in [9.17, 15) is 0 Å². The summed E-state index contributed by atoms with van der Waals surface area (Å²) >= 11 is 2.49. The molecule has 0 saturated heterocycles. The number of hydrogen-bond donors (Lipinski definition) is 1. The molecule has 6 rings (SSSR count). The Morgan fingerprint density at radius 1 is 1.04 bits per heavy atom. The van der Waals surface area contributed by atoms with Crippen molar-refractivity contribution in [3.8, 4) is 5.75 Å². The molecule has 5 aliphatic rings. The molecule has 24 heavy (non-hydrogen) atoms. The zero-order valence-electron chi connectivity index (χ0n) is 15.0. The molecule has 0 aromatic heterocycles. The van der Waals surface area contributed by atoms with Gasteiger partial charge in [-0.15, -0.1) is 0 Å². The second kappa shape index (κ2) is 5.12. The van der Waals surface area contributed by atoms with Crippen LogP contribution in [0.5, 0.6) is 5.75 Å². The molecule has 0 atom stereocenters. The van der Waals surface area contributed by atoms with Crippen LogP contribution in [-0.2, 0) is 12.0 Å². The summed E-state index contributed by atoms with van der Waals surface area (Å²) in [5, 5.41) is 3.91. The topological polar surface area (TPSA) is 21.3 Å². The molecule has 4 fully saturated rings. The lowest BCUT2D eigenvalue weighted by molar-refractivity contribution is -0.181. The molecule has 1 N–H and O–H groups in total. The second-order valence-electron chi connectivity index (χ2n) is 9.75. The highest BCUT2D eigenvalue weighted by molar-refractivity contribution is 14.1. The first-order chi connectivity index (χ1) is 11.3. The number of hydrogen-bond acceptors (Lipinski definition) is 2. The Labute approximate surface area is 159 Å². The molecule has 1 aliphatic heterocycles. The van der Waals surface area contributed by atoms with Gasteiger partial charge in [0.1, 0.15) is 5.75 Å². The van der Waals surface area contributed by atoms with Crippen molar-refractivity contribution in [2.45, 2.75) is 70.6 Å². The van der Waals surface area contributed by atoms with Gasteiger partial charge >= 0.3 is 0 Å². The molecule has 0 radical (unpaired) electrons. The van der Waals surface area contributed by atoms with Crippen LogP contribution in [0.1, 0.15) is 64.0 Å². The van der Waals surface area contributed by atoms with Crippen molar-refractivity contribution in [2.75, 3.05) is 0 Å². The van der Waals surface area contributed by atoms with Crippen LogP contribution in [0.2, 0.25) is 0 Å². The number of ether oxygens (including phenoxy) is 1. The summed E-state index contributed by atoms with van der Waals surface area (Å²) in [7, 11) is 0. The average molecular weight is 437 g/mol. The Morgan fingerprint density at radius 3 is 2.25 bits per heavy atom. The van der Waals surface area contributed by atoms with E-state index in [1.165, 1.54) is 52.6 Å². The quantitative estimate of drug-likeness (QED) is 0.562. The molecule has 4 aliphatic carbocycles. The van der Waals surface area contributed by atoms with Crippen LogP contribution in [0, 0.1) is 27.2 Å². The van der Waals surface area contributed by atoms with E-state index in [2.05, 4.69) is 60.8 Å². The van der Waals surface area contributed by atoms with Crippen LogP contribution in [0.15, 0.2) is 12.1 Å². The van der Waals surface area contributed by atoms with E-state index in [4.69, 9.17) is 4.74 Å². The van der Waals surface area contributed by atoms with Crippen LogP contribution in [0.4, 0.5) is 0 Å². The predicted molar refractivity (Wildman–Crippen MR) is 105 cm³/mol. The third-order valence-corrected chi connectivity index (χ3v) is 7.96. The van der Waals surface area contributed by atoms with Gasteiger partial charge in [0, 0.05) is 23.9 Å². The zero-order chi connectivity index (χ0) is 16.7. The van der Waals surface area contributed by atoms with Crippen molar-refractivity contribution in [1.29, 1.82) is 0 Å². The summed E-state index contributed by atoms with van der Waals surface area (Å²) in [5.74, 6) is 4.58. The number of nitrogens with one attached hydrogen (secondary N) is 1. The summed E-state index contributed by atoms with van der Waals surface area (Å²) in [4.78, 5) is 0. The van der Waals surface area contributed by atoms with E-state index in [-0.39, 0.29) is 11.1 Å². The minimum absolute atomic E-state index is 0.0659. The Morgan fingerprint density at radius 2 is 1.67 bits per heavy atom. The summed E-state index contributed by atoms with van der Waals surface area (Å²) in [6.07, 6.45) is 7.02. The molecule has 1 heterocycles. The maximum atomic E-state index is 6.88. The van der Waals surface area contributed by atoms with E-state index in [0.29, 0.717) is 0 Å². The Balaban J connectivity index is 1.53. The van der Waals surface area contributed by atoms with Gasteiger partial charge in [-0.2, -0.15) is 0 Å². The SMILES string of the molecule is CC(C)(C)c1cc(I)c2c(c1)CNC1(O2)C2CC3CC(C2)CC1C3. The maximum Gasteiger partial charge on any atom is 0.167 e. The van der Waals surface area contributed by atoms with Crippen molar-refractivity contribution in [2.24, 2.45) is 23.7 Å². The van der Waals surface area contributed by atoms with Crippen LogP contribution in [0.3, 0.4) is 0 Å². The number of benzene rings is 1. The van der Waals surface area contributed by atoms with Crippen molar-refractivity contribution in [3.05, 3.63) is 26.8 Å². The molecule has 4 saturated carbocycles. The van der Waals surface area contributed by atoms with Gasteiger partial charge < -0.3 is 4.74 Å². The van der Waals surface area contributed by atoms with Crippen molar-refractivity contribution >= 4 is 22.6 Å². The fraction of sp³-hybridized carbons (Fsp3) is 0.714. The molecule has 1 aromatic rings. The van der Waals surface area contributed by atoms with Gasteiger partial charge in [-0.1, -0.05) is 26.8 Å². The lowest BCUT2D eigenvalue weighted by atomic mass is 9.52. The van der Waals surface area contributed by atoms with Crippen LogP contribution < -0.4 is 10.1 Å². The summed E-state index contributed by atoms with van der Waals surface area (Å²) < 4.78 is 8.17. The van der Waals surface area contributed by atoms with Gasteiger partial charge in [-0.3, -0.25) is 5.32 Å². The third-order valence-electron chi connectivity index (χ3n) is 7.16. The largest absolute Gasteiger partial charge is 0.471 e. The van der Waals surface area contributed by atoms with E-state index in [0.717, 1.165) is 30.2 Å². The highest BCUT2D eigenvalue weighted by Crippen LogP contribution is 2.59. The highest BCUT2D eigenvalue weighted by atomic mass is 127. The lowest BCUT2D eigenvalue weighted by Gasteiger charge is -2.61. The number of rotatable bonds is 0. The number of fused-ring (bicyclic) bond motifs is 1. The van der Waals surface area contributed by atoms with E-state index in [1.807, 2.05) is 0 Å². The van der Waals surface area contributed by atoms with Gasteiger partial charge in [0.05, 0.1) is 3.57 Å². The number of halogens is 1. The van der Waals surface area contributed by atoms with Gasteiger partial charge in [0.2, 0.25) is 0 Å². The molecule has 130 valence electrons. The van der Waals surface area contributed by atoms with Crippen molar-refractivity contribution < 1.29 is 4.74 Å². The molecular weight excluding hydrogens is 409 g/mol. The first-order valence-electron chi connectivity index (χ1n) is 9.62. The lowest BCUT2D eigenvalue weighted by Crippen LogP contribution is -2.69. The van der Waals surface area contributed by atoms with Crippen molar-refractivity contribution in [3.63, 3.8) is 0 Å². The highest BCUT2D eigenvalue weighted by Gasteiger charge is 2.60. The van der Waals surface area contributed by atoms with E-state index >= 15 is 0 Å². The normalized spacial score (nSPS) is 39.8. The Kier molecular flexibility index (Phi) is 3.40. The molecule has 0 amide bonds. The van der Waals surface area contributed by atoms with Gasteiger partial charge in [0.25, 0.3) is 0 Å². The standard InChI is InChI=1S/C21H28INO/c1-20(2,3)15-9-14-11-23-21(24-19(14)18(22)10-15)16-5-12-4-13(7-16)8-17(21)6-12/h9-10,12-13,16-17,23H,4-8,11H2,1-3H3. The predicted octanol–water partition coefficient (Wildman–Crippen LogP) is 5.22. The third kappa shape index (κ3) is 2.22. The fourth-order valence-electron chi connectivity index (χ4n) is 6.11. The van der Waals surface area contributed by atoms with E-state index in [1.54, 1.807) is 0 Å². The van der Waals surface area contributed by atoms with Crippen molar-refractivity contribution in [1.82, 2.24) is 5.32 Å². The minimum atomic E-state index is -0.0659. The smallest absolute Gasteiger partial charge is 0.167 e. The molecular formula is C21H28INO. The molecule has 3 heteroatoms. The molecule has 2 nitrogen and oxygen atoms in total. The molecule has 1 aromatic carbocycles. The molecule has 4 bridgehead atoms. The first kappa shape index (κ1) is 15.9. The Hall–Kier alpha value is -0.290. The van der Waals surface area contributed by atoms with Gasteiger partial charge in [-0.05, 0) is 83.6 Å². The summed E-state index contributed by atoms with van der Waals surface area (Å²) in [5.41, 5.74) is 2.89. The van der Waals surface area contributed by atoms with Gasteiger partial charge in [-0.25, -0.2) is 0 Å². The minimum Gasteiger partial charge on any atom is -0.471 e.